The summed E-state index contributed by atoms with van der Waals surface area (Å²) in [5, 5.41) is 2.89. The van der Waals surface area contributed by atoms with Crippen LogP contribution >= 0.6 is 0 Å². The number of Topliss-reactive ketones (excluding diaryl/α,β-unsaturated/α-hetero) is 2. The molecule has 1 N–H and O–H groups in total. The Kier molecular flexibility index (Phi) is 9.77. The summed E-state index contributed by atoms with van der Waals surface area (Å²) in [7, 11) is 0. The molecule has 1 fully saturated rings. The van der Waals surface area contributed by atoms with Crippen LogP contribution in [0.4, 0.5) is 14.6 Å². The third-order valence-corrected chi connectivity index (χ3v) is 7.20. The van der Waals surface area contributed by atoms with Gasteiger partial charge in [-0.05, 0) is 49.2 Å². The van der Waals surface area contributed by atoms with Gasteiger partial charge in [0.05, 0.1) is 6.54 Å². The molecule has 0 spiro atoms. The van der Waals surface area contributed by atoms with Crippen LogP contribution in [-0.4, -0.2) is 70.6 Å². The lowest BCUT2D eigenvalue weighted by atomic mass is 9.95. The Morgan fingerprint density at radius 2 is 1.76 bits per heavy atom. The molecule has 0 unspecified atom stereocenters. The minimum Gasteiger partial charge on any atom is -0.439 e. The van der Waals surface area contributed by atoms with E-state index in [1.54, 1.807) is 36.4 Å². The quantitative estimate of drug-likeness (QED) is 0.298. The highest BCUT2D eigenvalue weighted by Gasteiger charge is 2.29. The average molecular weight is 566 g/mol. The number of carbonyl (C=O) groups excluding carboxylic acids is 2. The highest BCUT2D eigenvalue weighted by Crippen LogP contribution is 2.32. The van der Waals surface area contributed by atoms with Gasteiger partial charge in [-0.25, -0.2) is 18.7 Å². The number of hydrogen-bond acceptors (Lipinski definition) is 8. The zero-order valence-corrected chi connectivity index (χ0v) is 24.0. The van der Waals surface area contributed by atoms with Crippen LogP contribution in [0.2, 0.25) is 0 Å². The first-order valence-electron chi connectivity index (χ1n) is 13.8. The number of hydrogen-bond donors (Lipinski definition) is 1. The zero-order valence-electron chi connectivity index (χ0n) is 24.0. The summed E-state index contributed by atoms with van der Waals surface area (Å²) in [6, 6.07) is 11.6. The lowest BCUT2D eigenvalue weighted by Gasteiger charge is -2.34. The van der Waals surface area contributed by atoms with Crippen molar-refractivity contribution >= 4 is 17.4 Å². The van der Waals surface area contributed by atoms with Crippen LogP contribution in [0.25, 0.3) is 0 Å². The van der Waals surface area contributed by atoms with Crippen LogP contribution < -0.4 is 10.1 Å². The highest BCUT2D eigenvalue weighted by molar-refractivity contribution is 5.98. The predicted octanol–water partition coefficient (Wildman–Crippen LogP) is 5.25. The first-order chi connectivity index (χ1) is 19.5. The molecule has 1 aliphatic rings. The third kappa shape index (κ3) is 8.37. The number of nitrogens with zero attached hydrogens (tertiary/aromatic N) is 4. The van der Waals surface area contributed by atoms with Gasteiger partial charge < -0.3 is 15.0 Å². The molecule has 4 rings (SSSR count). The van der Waals surface area contributed by atoms with Crippen LogP contribution in [0.5, 0.6) is 11.6 Å². The van der Waals surface area contributed by atoms with Gasteiger partial charge >= 0.3 is 0 Å². The van der Waals surface area contributed by atoms with Gasteiger partial charge in [0.25, 0.3) is 5.92 Å². The van der Waals surface area contributed by atoms with E-state index in [1.165, 1.54) is 19.3 Å². The summed E-state index contributed by atoms with van der Waals surface area (Å²) < 4.78 is 35.3. The number of benzene rings is 2. The number of anilines is 1. The molecular formula is C31H37F2N5O3. The summed E-state index contributed by atoms with van der Waals surface area (Å²) in [5.41, 5.74) is 2.28. The Bertz CT molecular complexity index is 1380. The molecule has 1 saturated heterocycles. The fourth-order valence-corrected chi connectivity index (χ4v) is 4.78. The molecule has 2 aromatic carbocycles. The molecule has 0 amide bonds. The first-order valence-corrected chi connectivity index (χ1v) is 13.8. The predicted molar refractivity (Wildman–Crippen MR) is 154 cm³/mol. The number of likely N-dealkylation sites (N-methyl/N-ethyl adjacent to an activating group) is 1. The maximum Gasteiger partial charge on any atom is 0.270 e. The van der Waals surface area contributed by atoms with E-state index in [-0.39, 0.29) is 36.0 Å². The molecule has 41 heavy (non-hydrogen) atoms. The van der Waals surface area contributed by atoms with Crippen LogP contribution in [0, 0.1) is 6.92 Å². The molecule has 8 nitrogen and oxygen atoms in total. The van der Waals surface area contributed by atoms with E-state index in [1.807, 2.05) is 6.92 Å². The minimum atomic E-state index is -3.03. The Morgan fingerprint density at radius 1 is 1.02 bits per heavy atom. The molecule has 2 heterocycles. The van der Waals surface area contributed by atoms with Crippen molar-refractivity contribution in [3.63, 3.8) is 0 Å². The monoisotopic (exact) mass is 565 g/mol. The Balaban J connectivity index is 1.47. The molecule has 0 bridgehead atoms. The number of halogens is 2. The first kappa shape index (κ1) is 30.2. The van der Waals surface area contributed by atoms with E-state index < -0.39 is 5.92 Å². The fourth-order valence-electron chi connectivity index (χ4n) is 4.78. The van der Waals surface area contributed by atoms with Crippen molar-refractivity contribution in [3.8, 4) is 11.6 Å². The van der Waals surface area contributed by atoms with Crippen molar-refractivity contribution in [2.24, 2.45) is 0 Å². The Labute approximate surface area is 239 Å². The summed E-state index contributed by atoms with van der Waals surface area (Å²) in [4.78, 5) is 37.2. The number of carbonyl (C=O) groups is 2. The molecule has 1 aromatic heterocycles. The highest BCUT2D eigenvalue weighted by atomic mass is 19.3. The third-order valence-electron chi connectivity index (χ3n) is 7.20. The average Bonchev–Trinajstić information content (AvgIpc) is 2.94. The van der Waals surface area contributed by atoms with Gasteiger partial charge in [-0.2, -0.15) is 0 Å². The number of alkyl halides is 2. The molecule has 0 saturated carbocycles. The molecular weight excluding hydrogens is 528 g/mol. The maximum atomic E-state index is 14.7. The number of ether oxygens (including phenoxy) is 1. The second-order valence-corrected chi connectivity index (χ2v) is 10.6. The van der Waals surface area contributed by atoms with E-state index in [9.17, 15) is 18.4 Å². The number of aryl methyl sites for hydroxylation is 1. The molecule has 10 heteroatoms. The van der Waals surface area contributed by atoms with Crippen molar-refractivity contribution in [1.29, 1.82) is 0 Å². The van der Waals surface area contributed by atoms with Crippen molar-refractivity contribution < 1.29 is 23.1 Å². The topological polar surface area (TPSA) is 87.7 Å². The van der Waals surface area contributed by atoms with Crippen LogP contribution in [0.3, 0.4) is 0 Å². The van der Waals surface area contributed by atoms with Gasteiger partial charge in [-0.1, -0.05) is 31.2 Å². The molecule has 0 aliphatic carbocycles. The number of piperazine rings is 1. The Morgan fingerprint density at radius 3 is 2.44 bits per heavy atom. The SMILES string of the molecule is CCN1CCN(Cc2ccc(CC(=O)c3ccc(C)c(Oc4cc(NCC(C)=O)ncn4)c3)cc2C(C)(F)F)CC1. The second kappa shape index (κ2) is 13.3. The smallest absolute Gasteiger partial charge is 0.270 e. The van der Waals surface area contributed by atoms with E-state index in [4.69, 9.17) is 4.74 Å². The van der Waals surface area contributed by atoms with Crippen molar-refractivity contribution in [2.75, 3.05) is 44.6 Å². The van der Waals surface area contributed by atoms with E-state index in [2.05, 4.69) is 32.0 Å². The molecule has 0 radical (unpaired) electrons. The molecule has 0 atom stereocenters. The van der Waals surface area contributed by atoms with E-state index in [0.29, 0.717) is 34.8 Å². The van der Waals surface area contributed by atoms with Gasteiger partial charge in [0.15, 0.2) is 5.78 Å². The van der Waals surface area contributed by atoms with E-state index >= 15 is 0 Å². The maximum absolute atomic E-state index is 14.7. The Hall–Kier alpha value is -3.76. The van der Waals surface area contributed by atoms with Gasteiger partial charge in [0.2, 0.25) is 5.88 Å². The summed E-state index contributed by atoms with van der Waals surface area (Å²) in [6.45, 7) is 11.5. The largest absolute Gasteiger partial charge is 0.439 e. The molecule has 1 aliphatic heterocycles. The summed E-state index contributed by atoms with van der Waals surface area (Å²) in [5.74, 6) is -2.16. The van der Waals surface area contributed by atoms with Gasteiger partial charge in [-0.15, -0.1) is 0 Å². The van der Waals surface area contributed by atoms with Gasteiger partial charge in [0.1, 0.15) is 23.7 Å². The number of rotatable bonds is 12. The van der Waals surface area contributed by atoms with Crippen molar-refractivity contribution in [3.05, 3.63) is 76.6 Å². The summed E-state index contributed by atoms with van der Waals surface area (Å²) in [6.07, 6.45) is 1.30. The number of nitrogens with one attached hydrogen (secondary N) is 1. The van der Waals surface area contributed by atoms with Crippen LogP contribution in [-0.2, 0) is 23.7 Å². The number of ketones is 2. The van der Waals surface area contributed by atoms with Crippen LogP contribution in [0.1, 0.15) is 53.4 Å². The normalized spacial score (nSPS) is 14.6. The molecule has 3 aromatic rings. The minimum absolute atomic E-state index is 0.0202. The lowest BCUT2D eigenvalue weighted by Crippen LogP contribution is -2.45. The van der Waals surface area contributed by atoms with Crippen molar-refractivity contribution in [2.45, 2.75) is 46.6 Å². The summed E-state index contributed by atoms with van der Waals surface area (Å²) >= 11 is 0. The van der Waals surface area contributed by atoms with Crippen molar-refractivity contribution in [1.82, 2.24) is 19.8 Å². The van der Waals surface area contributed by atoms with Gasteiger partial charge in [0, 0.05) is 63.3 Å². The standard InChI is InChI=1S/C31H37F2N5O3/c1-5-37-10-12-38(13-11-37)19-25-9-7-23(14-26(25)31(4,32)33)15-27(40)24-8-6-21(2)28(16-24)41-30-17-29(35-20-36-30)34-18-22(3)39/h6-9,14,16-17,20H,5,10-13,15,18-19H2,1-4H3,(H,34,35,36). The fraction of sp³-hybridized carbons (Fsp3) is 0.419. The van der Waals surface area contributed by atoms with E-state index in [0.717, 1.165) is 45.2 Å². The zero-order chi connectivity index (χ0) is 29.6. The number of aromatic nitrogens is 2. The second-order valence-electron chi connectivity index (χ2n) is 10.6. The van der Waals surface area contributed by atoms with Gasteiger partial charge in [-0.3, -0.25) is 14.5 Å². The van der Waals surface area contributed by atoms with Crippen LogP contribution in [0.15, 0.2) is 48.8 Å². The lowest BCUT2D eigenvalue weighted by molar-refractivity contribution is -0.115. The molecule has 218 valence electrons.